The molecule has 0 bridgehead atoms. The number of thiazole rings is 1. The van der Waals surface area contributed by atoms with Crippen molar-refractivity contribution < 1.29 is 8.42 Å². The average Bonchev–Trinajstić information content (AvgIpc) is 2.98. The second-order valence-corrected chi connectivity index (χ2v) is 7.46. The van der Waals surface area contributed by atoms with E-state index in [1.807, 2.05) is 6.92 Å². The Kier molecular flexibility index (Phi) is 4.13. The molecule has 1 heterocycles. The van der Waals surface area contributed by atoms with Crippen molar-refractivity contribution in [1.29, 1.82) is 0 Å². The summed E-state index contributed by atoms with van der Waals surface area (Å²) in [6.07, 6.45) is 4.06. The predicted octanol–water partition coefficient (Wildman–Crippen LogP) is 0.623. The first-order chi connectivity index (χ1) is 8.05. The van der Waals surface area contributed by atoms with Gasteiger partial charge in [0.25, 0.3) is 0 Å². The van der Waals surface area contributed by atoms with Crippen LogP contribution in [0.2, 0.25) is 0 Å². The molecule has 1 aromatic heterocycles. The molecule has 0 unspecified atom stereocenters. The number of hydrogen-bond acceptors (Lipinski definition) is 5. The van der Waals surface area contributed by atoms with Crippen LogP contribution < -0.4 is 10.0 Å². The molecule has 1 aliphatic rings. The number of hydrogen-bond donors (Lipinski definition) is 2. The van der Waals surface area contributed by atoms with E-state index < -0.39 is 10.0 Å². The van der Waals surface area contributed by atoms with E-state index in [1.54, 1.807) is 6.20 Å². The number of aryl methyl sites for hydroxylation is 1. The van der Waals surface area contributed by atoms with E-state index in [1.165, 1.54) is 24.2 Å². The third-order valence-electron chi connectivity index (χ3n) is 2.52. The van der Waals surface area contributed by atoms with E-state index in [0.29, 0.717) is 19.1 Å². The second kappa shape index (κ2) is 5.43. The zero-order valence-corrected chi connectivity index (χ0v) is 11.4. The van der Waals surface area contributed by atoms with E-state index in [-0.39, 0.29) is 5.75 Å². The Hall–Kier alpha value is -0.500. The minimum absolute atomic E-state index is 0.140. The summed E-state index contributed by atoms with van der Waals surface area (Å²) in [6.45, 7) is 2.78. The highest BCUT2D eigenvalue weighted by Crippen LogP contribution is 2.18. The Morgan fingerprint density at radius 3 is 2.88 bits per heavy atom. The van der Waals surface area contributed by atoms with Gasteiger partial charge < -0.3 is 5.32 Å². The van der Waals surface area contributed by atoms with E-state index in [4.69, 9.17) is 0 Å². The number of nitrogens with one attached hydrogen (secondary N) is 2. The third kappa shape index (κ3) is 4.71. The lowest BCUT2D eigenvalue weighted by atomic mass is 10.6. The molecule has 7 heteroatoms. The summed E-state index contributed by atoms with van der Waals surface area (Å²) < 4.78 is 25.9. The SMILES string of the molecule is Cc1ncc(CNS(=O)(=O)CCNC2CC2)s1. The smallest absolute Gasteiger partial charge is 0.213 e. The predicted molar refractivity (Wildman–Crippen MR) is 68.5 cm³/mol. The van der Waals surface area contributed by atoms with Gasteiger partial charge >= 0.3 is 0 Å². The molecule has 0 aromatic carbocycles. The first-order valence-corrected chi connectivity index (χ1v) is 8.14. The Balaban J connectivity index is 1.72. The number of sulfonamides is 1. The Labute approximate surface area is 106 Å². The highest BCUT2D eigenvalue weighted by Gasteiger charge is 2.21. The van der Waals surface area contributed by atoms with E-state index in [2.05, 4.69) is 15.0 Å². The van der Waals surface area contributed by atoms with Gasteiger partial charge in [0.15, 0.2) is 0 Å². The van der Waals surface area contributed by atoms with Gasteiger partial charge in [0.05, 0.1) is 10.8 Å². The van der Waals surface area contributed by atoms with Crippen LogP contribution in [0, 0.1) is 6.92 Å². The summed E-state index contributed by atoms with van der Waals surface area (Å²) in [4.78, 5) is 5.03. The van der Waals surface area contributed by atoms with Crippen LogP contribution in [-0.2, 0) is 16.6 Å². The molecule has 0 radical (unpaired) electrons. The van der Waals surface area contributed by atoms with Crippen molar-refractivity contribution >= 4 is 21.4 Å². The molecule has 5 nitrogen and oxygen atoms in total. The standard InChI is InChI=1S/C10H17N3O2S2/c1-8-12-6-10(16-8)7-13-17(14,15)5-4-11-9-2-3-9/h6,9,11,13H,2-5,7H2,1H3. The molecule has 1 aromatic rings. The fourth-order valence-corrected chi connectivity index (χ4v) is 3.16. The van der Waals surface area contributed by atoms with E-state index in [0.717, 1.165) is 9.88 Å². The van der Waals surface area contributed by atoms with Crippen molar-refractivity contribution in [2.24, 2.45) is 0 Å². The maximum atomic E-state index is 11.6. The number of aromatic nitrogens is 1. The molecule has 0 spiro atoms. The fraction of sp³-hybridized carbons (Fsp3) is 0.700. The third-order valence-corrected chi connectivity index (χ3v) is 4.76. The van der Waals surface area contributed by atoms with Gasteiger partial charge in [-0.2, -0.15) is 0 Å². The number of nitrogens with zero attached hydrogens (tertiary/aromatic N) is 1. The maximum absolute atomic E-state index is 11.6. The van der Waals surface area contributed by atoms with Gasteiger partial charge in [-0.05, 0) is 19.8 Å². The summed E-state index contributed by atoms with van der Waals surface area (Å²) in [5.41, 5.74) is 0. The molecule has 96 valence electrons. The summed E-state index contributed by atoms with van der Waals surface area (Å²) in [5, 5.41) is 4.14. The summed E-state index contributed by atoms with van der Waals surface area (Å²) in [6, 6.07) is 0.550. The van der Waals surface area contributed by atoms with Crippen LogP contribution in [0.1, 0.15) is 22.7 Å². The van der Waals surface area contributed by atoms with Gasteiger partial charge in [-0.1, -0.05) is 0 Å². The zero-order valence-electron chi connectivity index (χ0n) is 9.77. The molecular formula is C10H17N3O2S2. The minimum Gasteiger partial charge on any atom is -0.313 e. The number of rotatable bonds is 7. The molecule has 1 fully saturated rings. The fourth-order valence-electron chi connectivity index (χ4n) is 1.43. The lowest BCUT2D eigenvalue weighted by molar-refractivity contribution is 0.576. The van der Waals surface area contributed by atoms with Crippen molar-refractivity contribution in [2.75, 3.05) is 12.3 Å². The van der Waals surface area contributed by atoms with Crippen molar-refractivity contribution in [1.82, 2.24) is 15.0 Å². The molecule has 17 heavy (non-hydrogen) atoms. The molecule has 1 saturated carbocycles. The zero-order chi connectivity index (χ0) is 12.3. The summed E-state index contributed by atoms with van der Waals surface area (Å²) >= 11 is 1.51. The quantitative estimate of drug-likeness (QED) is 0.765. The van der Waals surface area contributed by atoms with Gasteiger partial charge in [-0.25, -0.2) is 18.1 Å². The van der Waals surface area contributed by atoms with Crippen LogP contribution in [0.5, 0.6) is 0 Å². The maximum Gasteiger partial charge on any atom is 0.213 e. The molecule has 1 aliphatic carbocycles. The average molecular weight is 275 g/mol. The lowest BCUT2D eigenvalue weighted by Gasteiger charge is -2.05. The first kappa shape index (κ1) is 12.9. The van der Waals surface area contributed by atoms with Crippen LogP contribution in [0.4, 0.5) is 0 Å². The minimum atomic E-state index is -3.17. The van der Waals surface area contributed by atoms with Gasteiger partial charge in [-0.15, -0.1) is 11.3 Å². The van der Waals surface area contributed by atoms with Crippen LogP contribution in [0.15, 0.2) is 6.20 Å². The van der Waals surface area contributed by atoms with E-state index >= 15 is 0 Å². The van der Waals surface area contributed by atoms with Gasteiger partial charge in [0.2, 0.25) is 10.0 Å². The second-order valence-electron chi connectivity index (χ2n) is 4.21. The molecule has 0 saturated heterocycles. The van der Waals surface area contributed by atoms with Crippen molar-refractivity contribution in [2.45, 2.75) is 32.4 Å². The largest absolute Gasteiger partial charge is 0.313 e. The lowest BCUT2D eigenvalue weighted by Crippen LogP contribution is -2.32. The molecule has 2 N–H and O–H groups in total. The van der Waals surface area contributed by atoms with Gasteiger partial charge in [0.1, 0.15) is 0 Å². The van der Waals surface area contributed by atoms with Gasteiger partial charge in [0, 0.05) is 30.2 Å². The van der Waals surface area contributed by atoms with Crippen molar-refractivity contribution in [3.8, 4) is 0 Å². The molecule has 2 rings (SSSR count). The van der Waals surface area contributed by atoms with Crippen molar-refractivity contribution in [3.63, 3.8) is 0 Å². The molecule has 0 amide bonds. The van der Waals surface area contributed by atoms with Crippen molar-refractivity contribution in [3.05, 3.63) is 16.1 Å². The Morgan fingerprint density at radius 1 is 1.53 bits per heavy atom. The molecule has 0 atom stereocenters. The van der Waals surface area contributed by atoms with Crippen LogP contribution in [0.3, 0.4) is 0 Å². The van der Waals surface area contributed by atoms with Crippen LogP contribution >= 0.6 is 11.3 Å². The first-order valence-electron chi connectivity index (χ1n) is 5.67. The Morgan fingerprint density at radius 2 is 2.29 bits per heavy atom. The molecule has 0 aliphatic heterocycles. The van der Waals surface area contributed by atoms with Crippen LogP contribution in [0.25, 0.3) is 0 Å². The summed E-state index contributed by atoms with van der Waals surface area (Å²) in [7, 11) is -3.17. The van der Waals surface area contributed by atoms with Gasteiger partial charge in [-0.3, -0.25) is 0 Å². The molecular weight excluding hydrogens is 258 g/mol. The van der Waals surface area contributed by atoms with Crippen LogP contribution in [-0.4, -0.2) is 31.7 Å². The normalized spacial score (nSPS) is 16.3. The topological polar surface area (TPSA) is 71.1 Å². The highest BCUT2D eigenvalue weighted by molar-refractivity contribution is 7.89. The van der Waals surface area contributed by atoms with E-state index in [9.17, 15) is 8.42 Å². The summed E-state index contributed by atoms with van der Waals surface area (Å²) in [5.74, 6) is 0.140. The highest BCUT2D eigenvalue weighted by atomic mass is 32.2. The Bertz CT molecular complexity index is 466. The monoisotopic (exact) mass is 275 g/mol.